The molecule has 0 radical (unpaired) electrons. The van der Waals surface area contributed by atoms with E-state index in [0.717, 1.165) is 35.6 Å². The summed E-state index contributed by atoms with van der Waals surface area (Å²) in [5, 5.41) is 12.7. The van der Waals surface area contributed by atoms with Crippen LogP contribution in [0.3, 0.4) is 0 Å². The van der Waals surface area contributed by atoms with Crippen molar-refractivity contribution in [3.63, 3.8) is 0 Å². The van der Waals surface area contributed by atoms with E-state index in [1.807, 2.05) is 0 Å². The lowest BCUT2D eigenvalue weighted by molar-refractivity contribution is -0.248. The molecule has 18 heavy (non-hydrogen) atoms. The number of rotatable bonds is 2. The number of hydrogen-bond donors (Lipinski definition) is 1. The molecule has 1 aromatic heterocycles. The number of benzene rings is 1. The maximum absolute atomic E-state index is 13.1. The second-order valence-electron chi connectivity index (χ2n) is 3.73. The van der Waals surface area contributed by atoms with Gasteiger partial charge in [-0.2, -0.15) is 24.5 Å². The van der Waals surface area contributed by atoms with Crippen molar-refractivity contribution in [2.45, 2.75) is 11.8 Å². The molecule has 0 spiro atoms. The number of hydrogen-bond acceptors (Lipinski definition) is 2. The third kappa shape index (κ3) is 2.02. The highest BCUT2D eigenvalue weighted by molar-refractivity contribution is 7.08. The first-order chi connectivity index (χ1) is 8.35. The summed E-state index contributed by atoms with van der Waals surface area (Å²) in [6, 6.07) is 4.83. The Morgan fingerprint density at radius 3 is 2.00 bits per heavy atom. The summed E-state index contributed by atoms with van der Waals surface area (Å²) in [4.78, 5) is 0. The van der Waals surface area contributed by atoms with Gasteiger partial charge < -0.3 is 5.11 Å². The van der Waals surface area contributed by atoms with Gasteiger partial charge >= 0.3 is 6.18 Å². The molecule has 1 unspecified atom stereocenters. The van der Waals surface area contributed by atoms with Gasteiger partial charge in [0.05, 0.1) is 0 Å². The first-order valence-electron chi connectivity index (χ1n) is 4.93. The van der Waals surface area contributed by atoms with Crippen molar-refractivity contribution in [2.24, 2.45) is 0 Å². The molecular weight excluding hydrogens is 268 g/mol. The van der Waals surface area contributed by atoms with Crippen LogP contribution in [-0.4, -0.2) is 11.3 Å². The van der Waals surface area contributed by atoms with Gasteiger partial charge in [-0.05, 0) is 34.5 Å². The Bertz CT molecular complexity index is 518. The molecule has 0 aliphatic rings. The highest BCUT2D eigenvalue weighted by atomic mass is 32.1. The van der Waals surface area contributed by atoms with Crippen LogP contribution in [0.4, 0.5) is 17.6 Å². The molecule has 2 aromatic rings. The molecule has 0 amide bonds. The van der Waals surface area contributed by atoms with Gasteiger partial charge in [0.1, 0.15) is 5.82 Å². The molecule has 0 saturated carbocycles. The number of halogens is 4. The molecule has 1 N–H and O–H groups in total. The highest BCUT2D eigenvalue weighted by Crippen LogP contribution is 2.44. The van der Waals surface area contributed by atoms with E-state index in [1.165, 1.54) is 16.8 Å². The van der Waals surface area contributed by atoms with Crippen LogP contribution < -0.4 is 0 Å². The summed E-state index contributed by atoms with van der Waals surface area (Å²) >= 11 is 1.05. The smallest absolute Gasteiger partial charge is 0.372 e. The van der Waals surface area contributed by atoms with Crippen LogP contribution in [0.15, 0.2) is 41.1 Å². The monoisotopic (exact) mass is 276 g/mol. The van der Waals surface area contributed by atoms with Crippen LogP contribution in [0.1, 0.15) is 11.1 Å². The lowest BCUT2D eigenvalue weighted by Gasteiger charge is -2.30. The predicted molar refractivity (Wildman–Crippen MR) is 59.8 cm³/mol. The standard InChI is InChI=1S/C12H8F4OS/c13-10-3-1-8(2-4-10)11(17,12(14,15)16)9-5-6-18-7-9/h1-7,17H. The Morgan fingerprint density at radius 2 is 1.56 bits per heavy atom. The SMILES string of the molecule is OC(c1ccc(F)cc1)(c1ccsc1)C(F)(F)F. The average Bonchev–Trinajstić information content (AvgIpc) is 2.81. The second kappa shape index (κ2) is 4.37. The molecular formula is C12H8F4OS. The van der Waals surface area contributed by atoms with E-state index in [1.54, 1.807) is 0 Å². The van der Waals surface area contributed by atoms with Crippen molar-refractivity contribution in [3.8, 4) is 0 Å². The Labute approximate surface area is 104 Å². The van der Waals surface area contributed by atoms with Crippen molar-refractivity contribution in [2.75, 3.05) is 0 Å². The summed E-state index contributed by atoms with van der Waals surface area (Å²) < 4.78 is 52.1. The summed E-state index contributed by atoms with van der Waals surface area (Å²) in [6.45, 7) is 0. The third-order valence-corrected chi connectivity index (χ3v) is 3.29. The first kappa shape index (κ1) is 13.0. The molecule has 2 rings (SSSR count). The third-order valence-electron chi connectivity index (χ3n) is 2.61. The van der Waals surface area contributed by atoms with Crippen molar-refractivity contribution >= 4 is 11.3 Å². The van der Waals surface area contributed by atoms with Crippen molar-refractivity contribution in [1.82, 2.24) is 0 Å². The van der Waals surface area contributed by atoms with Crippen LogP contribution in [0.2, 0.25) is 0 Å². The van der Waals surface area contributed by atoms with E-state index in [9.17, 15) is 22.7 Å². The van der Waals surface area contributed by atoms with E-state index >= 15 is 0 Å². The Balaban J connectivity index is 2.60. The molecule has 1 atom stereocenters. The maximum Gasteiger partial charge on any atom is 0.425 e. The topological polar surface area (TPSA) is 20.2 Å². The molecule has 1 nitrogen and oxygen atoms in total. The van der Waals surface area contributed by atoms with Gasteiger partial charge in [0.25, 0.3) is 0 Å². The zero-order valence-electron chi connectivity index (χ0n) is 8.91. The predicted octanol–water partition coefficient (Wildman–Crippen LogP) is 3.69. The van der Waals surface area contributed by atoms with E-state index in [0.29, 0.717) is 0 Å². The summed E-state index contributed by atoms with van der Waals surface area (Å²) in [5.41, 5.74) is -3.79. The molecule has 1 aromatic carbocycles. The van der Waals surface area contributed by atoms with Crippen LogP contribution >= 0.6 is 11.3 Å². The molecule has 0 saturated heterocycles. The molecule has 96 valence electrons. The normalized spacial score (nSPS) is 15.4. The van der Waals surface area contributed by atoms with Crippen molar-refractivity contribution < 1.29 is 22.7 Å². The largest absolute Gasteiger partial charge is 0.425 e. The van der Waals surface area contributed by atoms with Crippen LogP contribution in [0.25, 0.3) is 0 Å². The van der Waals surface area contributed by atoms with Gasteiger partial charge in [0.15, 0.2) is 0 Å². The molecule has 0 aliphatic heterocycles. The number of thiophene rings is 1. The van der Waals surface area contributed by atoms with Crippen LogP contribution in [-0.2, 0) is 5.60 Å². The Kier molecular flexibility index (Phi) is 3.16. The van der Waals surface area contributed by atoms with E-state index < -0.39 is 23.2 Å². The first-order valence-corrected chi connectivity index (χ1v) is 5.88. The summed E-state index contributed by atoms with van der Waals surface area (Å²) in [5.74, 6) is -0.659. The highest BCUT2D eigenvalue weighted by Gasteiger charge is 2.56. The van der Waals surface area contributed by atoms with Gasteiger partial charge in [-0.15, -0.1) is 0 Å². The number of aliphatic hydroxyl groups is 1. The van der Waals surface area contributed by atoms with Gasteiger partial charge in [-0.25, -0.2) is 4.39 Å². The fraction of sp³-hybridized carbons (Fsp3) is 0.167. The van der Waals surface area contributed by atoms with Crippen LogP contribution in [0, 0.1) is 5.82 Å². The van der Waals surface area contributed by atoms with Gasteiger partial charge in [0, 0.05) is 5.56 Å². The quantitative estimate of drug-likeness (QED) is 0.829. The lowest BCUT2D eigenvalue weighted by Crippen LogP contribution is -2.43. The number of alkyl halides is 3. The molecule has 0 bridgehead atoms. The zero-order chi connectivity index (χ0) is 13.4. The second-order valence-corrected chi connectivity index (χ2v) is 4.51. The fourth-order valence-corrected chi connectivity index (χ4v) is 2.35. The molecule has 6 heteroatoms. The minimum absolute atomic E-state index is 0.272. The average molecular weight is 276 g/mol. The minimum Gasteiger partial charge on any atom is -0.372 e. The maximum atomic E-state index is 13.1. The summed E-state index contributed by atoms with van der Waals surface area (Å²) in [6.07, 6.45) is -4.88. The van der Waals surface area contributed by atoms with Gasteiger partial charge in [-0.1, -0.05) is 12.1 Å². The lowest BCUT2D eigenvalue weighted by atomic mass is 9.87. The van der Waals surface area contributed by atoms with Gasteiger partial charge in [-0.3, -0.25) is 0 Å². The van der Waals surface area contributed by atoms with Crippen molar-refractivity contribution in [3.05, 3.63) is 58.0 Å². The van der Waals surface area contributed by atoms with E-state index in [2.05, 4.69) is 0 Å². The van der Waals surface area contributed by atoms with Gasteiger partial charge in [0.2, 0.25) is 5.60 Å². The fourth-order valence-electron chi connectivity index (χ4n) is 1.66. The minimum atomic E-state index is -4.88. The van der Waals surface area contributed by atoms with Crippen molar-refractivity contribution in [1.29, 1.82) is 0 Å². The summed E-state index contributed by atoms with van der Waals surface area (Å²) in [7, 11) is 0. The molecule has 0 fully saturated rings. The van der Waals surface area contributed by atoms with Crippen LogP contribution in [0.5, 0.6) is 0 Å². The molecule has 0 aliphatic carbocycles. The Morgan fingerprint density at radius 1 is 0.944 bits per heavy atom. The Hall–Kier alpha value is -1.40. The molecule has 1 heterocycles. The van der Waals surface area contributed by atoms with E-state index in [-0.39, 0.29) is 5.56 Å². The zero-order valence-corrected chi connectivity index (χ0v) is 9.73. The van der Waals surface area contributed by atoms with E-state index in [4.69, 9.17) is 0 Å².